The second kappa shape index (κ2) is 10.5. The molecule has 0 fully saturated rings. The van der Waals surface area contributed by atoms with Crippen molar-refractivity contribution in [2.75, 3.05) is 20.2 Å². The smallest absolute Gasteiger partial charge is 0.252 e. The van der Waals surface area contributed by atoms with Gasteiger partial charge >= 0.3 is 0 Å². The number of halogens is 1. The lowest BCUT2D eigenvalue weighted by atomic mass is 10.1. The number of ether oxygens (including phenoxy) is 1. The molecule has 0 aliphatic carbocycles. The second-order valence-electron chi connectivity index (χ2n) is 7.38. The van der Waals surface area contributed by atoms with Crippen LogP contribution in [0, 0.1) is 5.82 Å². The van der Waals surface area contributed by atoms with Gasteiger partial charge in [0, 0.05) is 18.7 Å². The fraction of sp³-hybridized carbons (Fsp3) is 0.120. The first kappa shape index (κ1) is 24.1. The molecule has 10 heteroatoms. The second-order valence-corrected chi connectivity index (χ2v) is 9.15. The van der Waals surface area contributed by atoms with Crippen molar-refractivity contribution in [3.8, 4) is 28.5 Å². The van der Waals surface area contributed by atoms with Crippen molar-refractivity contribution in [2.45, 2.75) is 4.90 Å². The van der Waals surface area contributed by atoms with Crippen LogP contribution in [0.1, 0.15) is 10.4 Å². The number of sulfonamides is 1. The van der Waals surface area contributed by atoms with E-state index in [4.69, 9.17) is 9.15 Å². The quantitative estimate of drug-likeness (QED) is 0.341. The van der Waals surface area contributed by atoms with Gasteiger partial charge in [0.15, 0.2) is 5.76 Å². The molecule has 0 spiro atoms. The molecule has 2 N–H and O–H groups in total. The Hall–Kier alpha value is -4.02. The third-order valence-corrected chi connectivity index (χ3v) is 6.60. The lowest BCUT2D eigenvalue weighted by molar-refractivity contribution is 0.0954. The summed E-state index contributed by atoms with van der Waals surface area (Å²) in [7, 11) is -2.25. The van der Waals surface area contributed by atoms with E-state index in [-0.39, 0.29) is 40.8 Å². The van der Waals surface area contributed by atoms with Crippen LogP contribution in [0.2, 0.25) is 0 Å². The van der Waals surface area contributed by atoms with E-state index >= 15 is 0 Å². The molecule has 0 bridgehead atoms. The number of amides is 1. The molecule has 1 heterocycles. The van der Waals surface area contributed by atoms with Crippen LogP contribution < -0.4 is 14.8 Å². The van der Waals surface area contributed by atoms with Crippen LogP contribution >= 0.6 is 0 Å². The number of carbonyl (C=O) groups excluding carboxylic acids is 1. The molecular formula is C25H22FN3O5S. The number of hydrogen-bond acceptors (Lipinski definition) is 6. The van der Waals surface area contributed by atoms with Gasteiger partial charge in [-0.2, -0.15) is 0 Å². The normalized spacial score (nSPS) is 11.3. The van der Waals surface area contributed by atoms with Crippen LogP contribution in [-0.2, 0) is 10.0 Å². The largest absolute Gasteiger partial charge is 0.497 e. The molecule has 0 radical (unpaired) electrons. The number of oxazole rings is 1. The highest BCUT2D eigenvalue weighted by Gasteiger charge is 2.18. The summed E-state index contributed by atoms with van der Waals surface area (Å²) in [5.41, 5.74) is 0.969. The molecule has 0 aliphatic heterocycles. The highest BCUT2D eigenvalue weighted by Crippen LogP contribution is 2.29. The van der Waals surface area contributed by atoms with Crippen molar-refractivity contribution < 1.29 is 26.8 Å². The van der Waals surface area contributed by atoms with Gasteiger partial charge in [-0.1, -0.05) is 24.3 Å². The van der Waals surface area contributed by atoms with E-state index in [0.717, 1.165) is 0 Å². The third kappa shape index (κ3) is 5.56. The van der Waals surface area contributed by atoms with Crippen LogP contribution in [0.15, 0.2) is 88.3 Å². The number of hydrogen-bond donors (Lipinski definition) is 2. The summed E-state index contributed by atoms with van der Waals surface area (Å²) in [5.74, 6) is 0.0608. The Morgan fingerprint density at radius 3 is 2.37 bits per heavy atom. The van der Waals surface area contributed by atoms with E-state index in [0.29, 0.717) is 11.3 Å². The van der Waals surface area contributed by atoms with Crippen LogP contribution in [0.5, 0.6) is 5.75 Å². The molecule has 0 atom stereocenters. The summed E-state index contributed by atoms with van der Waals surface area (Å²) in [6.07, 6.45) is 1.40. The van der Waals surface area contributed by atoms with Gasteiger partial charge in [-0.3, -0.25) is 4.79 Å². The summed E-state index contributed by atoms with van der Waals surface area (Å²) in [6, 6.07) is 18.8. The van der Waals surface area contributed by atoms with Gasteiger partial charge in [0.2, 0.25) is 15.9 Å². The van der Waals surface area contributed by atoms with E-state index < -0.39 is 21.7 Å². The van der Waals surface area contributed by atoms with E-state index in [1.807, 2.05) is 0 Å². The lowest BCUT2D eigenvalue weighted by Gasteiger charge is -2.10. The minimum atomic E-state index is -3.74. The standard InChI is InChI=1S/C25H22FN3O5S/c1-33-17-10-12-18(13-11-17)35(31,32)29-15-14-27-24(30)19-6-2-3-7-20(19)25-28-16-23(34-25)21-8-4-5-9-22(21)26/h2-13,16,29H,14-15H2,1H3,(H,27,30). The average Bonchev–Trinajstić information content (AvgIpc) is 3.37. The first-order valence-electron chi connectivity index (χ1n) is 10.6. The van der Waals surface area contributed by atoms with Crippen molar-refractivity contribution in [1.29, 1.82) is 0 Å². The van der Waals surface area contributed by atoms with Crippen LogP contribution in [0.4, 0.5) is 4.39 Å². The minimum absolute atomic E-state index is 0.0152. The zero-order valence-corrected chi connectivity index (χ0v) is 19.5. The fourth-order valence-corrected chi connectivity index (χ4v) is 4.38. The van der Waals surface area contributed by atoms with Gasteiger partial charge in [-0.15, -0.1) is 0 Å². The van der Waals surface area contributed by atoms with Gasteiger partial charge in [-0.05, 0) is 48.5 Å². The van der Waals surface area contributed by atoms with Crippen molar-refractivity contribution in [1.82, 2.24) is 15.0 Å². The van der Waals surface area contributed by atoms with Gasteiger partial charge in [0.1, 0.15) is 11.6 Å². The highest BCUT2D eigenvalue weighted by atomic mass is 32.2. The molecule has 35 heavy (non-hydrogen) atoms. The molecule has 0 unspecified atom stereocenters. The topological polar surface area (TPSA) is 111 Å². The molecule has 1 aromatic heterocycles. The number of aromatic nitrogens is 1. The lowest BCUT2D eigenvalue weighted by Crippen LogP contribution is -2.34. The molecule has 1 amide bonds. The summed E-state index contributed by atoms with van der Waals surface area (Å²) >= 11 is 0. The minimum Gasteiger partial charge on any atom is -0.497 e. The molecule has 0 saturated heterocycles. The monoisotopic (exact) mass is 495 g/mol. The number of nitrogens with one attached hydrogen (secondary N) is 2. The van der Waals surface area contributed by atoms with E-state index in [1.165, 1.54) is 31.5 Å². The van der Waals surface area contributed by atoms with Gasteiger partial charge in [0.25, 0.3) is 5.91 Å². The van der Waals surface area contributed by atoms with Crippen LogP contribution in [0.25, 0.3) is 22.8 Å². The molecule has 0 saturated carbocycles. The van der Waals surface area contributed by atoms with Crippen molar-refractivity contribution in [3.05, 3.63) is 90.4 Å². The summed E-state index contributed by atoms with van der Waals surface area (Å²) in [6.45, 7) is 0.0350. The number of carbonyl (C=O) groups is 1. The highest BCUT2D eigenvalue weighted by molar-refractivity contribution is 7.89. The van der Waals surface area contributed by atoms with Gasteiger partial charge < -0.3 is 14.5 Å². The summed E-state index contributed by atoms with van der Waals surface area (Å²) in [5, 5.41) is 2.68. The molecule has 0 aliphatic rings. The Morgan fingerprint density at radius 2 is 1.66 bits per heavy atom. The maximum absolute atomic E-state index is 14.1. The molecular weight excluding hydrogens is 473 g/mol. The Kier molecular flexibility index (Phi) is 7.23. The number of benzene rings is 3. The predicted octanol–water partition coefficient (Wildman–Crippen LogP) is 3.86. The molecule has 8 nitrogen and oxygen atoms in total. The summed E-state index contributed by atoms with van der Waals surface area (Å²) in [4.78, 5) is 17.1. The van der Waals surface area contributed by atoms with E-state index in [2.05, 4.69) is 15.0 Å². The average molecular weight is 496 g/mol. The number of rotatable bonds is 9. The predicted molar refractivity (Wildman–Crippen MR) is 128 cm³/mol. The SMILES string of the molecule is COc1ccc(S(=O)(=O)NCCNC(=O)c2ccccc2-c2ncc(-c3ccccc3F)o2)cc1. The zero-order chi connectivity index (χ0) is 24.8. The van der Waals surface area contributed by atoms with Crippen LogP contribution in [-0.4, -0.2) is 39.5 Å². The van der Waals surface area contributed by atoms with Crippen LogP contribution in [0.3, 0.4) is 0 Å². The molecule has 4 aromatic rings. The first-order chi connectivity index (χ1) is 16.9. The zero-order valence-electron chi connectivity index (χ0n) is 18.7. The maximum atomic E-state index is 14.1. The molecule has 180 valence electrons. The maximum Gasteiger partial charge on any atom is 0.252 e. The fourth-order valence-electron chi connectivity index (χ4n) is 3.35. The Bertz CT molecular complexity index is 1440. The van der Waals surface area contributed by atoms with Gasteiger partial charge in [0.05, 0.1) is 29.3 Å². The summed E-state index contributed by atoms with van der Waals surface area (Å²) < 4.78 is 52.1. The molecule has 4 rings (SSSR count). The Labute approximate surface area is 201 Å². The molecule has 3 aromatic carbocycles. The first-order valence-corrected chi connectivity index (χ1v) is 12.1. The Morgan fingerprint density at radius 1 is 0.971 bits per heavy atom. The van der Waals surface area contributed by atoms with Crippen molar-refractivity contribution in [3.63, 3.8) is 0 Å². The van der Waals surface area contributed by atoms with Crippen molar-refractivity contribution in [2.24, 2.45) is 0 Å². The van der Waals surface area contributed by atoms with E-state index in [1.54, 1.807) is 54.6 Å². The third-order valence-electron chi connectivity index (χ3n) is 5.12. The Balaban J connectivity index is 1.41. The van der Waals surface area contributed by atoms with Crippen molar-refractivity contribution >= 4 is 15.9 Å². The van der Waals surface area contributed by atoms with E-state index in [9.17, 15) is 17.6 Å². The van der Waals surface area contributed by atoms with Gasteiger partial charge in [-0.25, -0.2) is 22.5 Å². The number of nitrogens with zero attached hydrogens (tertiary/aromatic N) is 1. The number of methoxy groups -OCH3 is 1.